The Kier molecular flexibility index (Phi) is 4.07. The second-order valence-electron chi connectivity index (χ2n) is 4.96. The summed E-state index contributed by atoms with van der Waals surface area (Å²) in [5, 5.41) is 0. The van der Waals surface area contributed by atoms with Gasteiger partial charge in [-0.1, -0.05) is 28.1 Å². The fourth-order valence-corrected chi connectivity index (χ4v) is 2.94. The molecule has 1 unspecified atom stereocenters. The van der Waals surface area contributed by atoms with E-state index in [0.717, 1.165) is 26.7 Å². The van der Waals surface area contributed by atoms with E-state index in [1.54, 1.807) is 0 Å². The van der Waals surface area contributed by atoms with Crippen LogP contribution in [0.4, 0.5) is 4.39 Å². The smallest absolute Gasteiger partial charge is 0.128 e. The third kappa shape index (κ3) is 2.88. The molecule has 100 valence electrons. The first-order chi connectivity index (χ1) is 8.90. The summed E-state index contributed by atoms with van der Waals surface area (Å²) < 4.78 is 15.2. The Bertz CT molecular complexity index is 599. The lowest BCUT2D eigenvalue weighted by molar-refractivity contribution is 0.595. The molecule has 1 nitrogen and oxygen atoms in total. The summed E-state index contributed by atoms with van der Waals surface area (Å²) >= 11 is 3.43. The third-order valence-electron chi connectivity index (χ3n) is 3.36. The van der Waals surface area contributed by atoms with Crippen LogP contribution < -0.4 is 5.73 Å². The van der Waals surface area contributed by atoms with Crippen molar-refractivity contribution in [3.63, 3.8) is 0 Å². The van der Waals surface area contributed by atoms with Crippen molar-refractivity contribution in [2.45, 2.75) is 26.8 Å². The average molecular weight is 322 g/mol. The first-order valence-corrected chi connectivity index (χ1v) is 6.97. The molecule has 2 N–H and O–H groups in total. The van der Waals surface area contributed by atoms with Gasteiger partial charge in [0.1, 0.15) is 5.82 Å². The number of halogens is 2. The van der Waals surface area contributed by atoms with E-state index in [9.17, 15) is 4.39 Å². The van der Waals surface area contributed by atoms with Crippen LogP contribution in [0.2, 0.25) is 0 Å². The SMILES string of the molecule is Cc1cc(C)c(C(N)c2ccc(Br)cc2C)c(F)c1. The Labute approximate surface area is 121 Å². The van der Waals surface area contributed by atoms with Gasteiger partial charge < -0.3 is 5.73 Å². The minimum absolute atomic E-state index is 0.229. The lowest BCUT2D eigenvalue weighted by Crippen LogP contribution is -2.16. The summed E-state index contributed by atoms with van der Waals surface area (Å²) in [6, 6.07) is 8.94. The van der Waals surface area contributed by atoms with E-state index in [-0.39, 0.29) is 5.82 Å². The summed E-state index contributed by atoms with van der Waals surface area (Å²) in [6.07, 6.45) is 0. The van der Waals surface area contributed by atoms with Crippen molar-refractivity contribution in [2.75, 3.05) is 0 Å². The Hall–Kier alpha value is -1.19. The van der Waals surface area contributed by atoms with Gasteiger partial charge in [-0.05, 0) is 61.2 Å². The van der Waals surface area contributed by atoms with Gasteiger partial charge >= 0.3 is 0 Å². The molecule has 3 heteroatoms. The summed E-state index contributed by atoms with van der Waals surface area (Å²) in [5.41, 5.74) is 10.7. The highest BCUT2D eigenvalue weighted by Gasteiger charge is 2.18. The zero-order valence-electron chi connectivity index (χ0n) is 11.3. The molecular weight excluding hydrogens is 305 g/mol. The minimum Gasteiger partial charge on any atom is -0.320 e. The molecule has 2 aromatic rings. The van der Waals surface area contributed by atoms with Crippen LogP contribution in [0, 0.1) is 26.6 Å². The van der Waals surface area contributed by atoms with Gasteiger partial charge in [-0.2, -0.15) is 0 Å². The third-order valence-corrected chi connectivity index (χ3v) is 3.85. The molecule has 0 aliphatic heterocycles. The number of benzene rings is 2. The topological polar surface area (TPSA) is 26.0 Å². The Morgan fingerprint density at radius 2 is 1.74 bits per heavy atom. The minimum atomic E-state index is -0.436. The Morgan fingerprint density at radius 3 is 2.32 bits per heavy atom. The van der Waals surface area contributed by atoms with Crippen LogP contribution in [0.5, 0.6) is 0 Å². The fraction of sp³-hybridized carbons (Fsp3) is 0.250. The van der Waals surface area contributed by atoms with Crippen molar-refractivity contribution < 1.29 is 4.39 Å². The van der Waals surface area contributed by atoms with Crippen LogP contribution in [0.15, 0.2) is 34.8 Å². The van der Waals surface area contributed by atoms with E-state index in [0.29, 0.717) is 5.56 Å². The molecule has 0 aromatic heterocycles. The van der Waals surface area contributed by atoms with Crippen LogP contribution in [-0.4, -0.2) is 0 Å². The second-order valence-corrected chi connectivity index (χ2v) is 5.87. The van der Waals surface area contributed by atoms with Crippen LogP contribution in [0.1, 0.15) is 33.9 Å². The van der Waals surface area contributed by atoms with Gasteiger partial charge in [-0.3, -0.25) is 0 Å². The van der Waals surface area contributed by atoms with Crippen LogP contribution in [0.3, 0.4) is 0 Å². The highest BCUT2D eigenvalue weighted by molar-refractivity contribution is 9.10. The monoisotopic (exact) mass is 321 g/mol. The first-order valence-electron chi connectivity index (χ1n) is 6.18. The van der Waals surface area contributed by atoms with Gasteiger partial charge in [0, 0.05) is 10.0 Å². The number of aryl methyl sites for hydroxylation is 3. The molecule has 0 radical (unpaired) electrons. The molecule has 0 heterocycles. The average Bonchev–Trinajstić information content (AvgIpc) is 2.26. The second kappa shape index (κ2) is 5.43. The molecule has 0 aliphatic rings. The molecule has 19 heavy (non-hydrogen) atoms. The molecule has 0 amide bonds. The first kappa shape index (κ1) is 14.2. The molecule has 2 aromatic carbocycles. The molecular formula is C16H17BrFN. The lowest BCUT2D eigenvalue weighted by atomic mass is 9.91. The molecule has 2 rings (SSSR count). The number of rotatable bonds is 2. The van der Waals surface area contributed by atoms with Crippen molar-refractivity contribution in [2.24, 2.45) is 5.73 Å². The van der Waals surface area contributed by atoms with Crippen LogP contribution >= 0.6 is 15.9 Å². The van der Waals surface area contributed by atoms with E-state index in [4.69, 9.17) is 5.73 Å². The van der Waals surface area contributed by atoms with Gasteiger partial charge in [0.15, 0.2) is 0 Å². The highest BCUT2D eigenvalue weighted by atomic mass is 79.9. The molecule has 1 atom stereocenters. The maximum atomic E-state index is 14.2. The largest absolute Gasteiger partial charge is 0.320 e. The van der Waals surface area contributed by atoms with Crippen molar-refractivity contribution in [1.29, 1.82) is 0 Å². The Morgan fingerprint density at radius 1 is 1.05 bits per heavy atom. The quantitative estimate of drug-likeness (QED) is 0.862. The maximum Gasteiger partial charge on any atom is 0.128 e. The van der Waals surface area contributed by atoms with Crippen molar-refractivity contribution in [3.8, 4) is 0 Å². The predicted molar refractivity (Wildman–Crippen MR) is 80.8 cm³/mol. The summed E-state index contributed by atoms with van der Waals surface area (Å²) in [5.74, 6) is -0.229. The molecule has 0 bridgehead atoms. The number of hydrogen-bond donors (Lipinski definition) is 1. The van der Waals surface area contributed by atoms with Crippen molar-refractivity contribution in [3.05, 3.63) is 68.4 Å². The van der Waals surface area contributed by atoms with Crippen LogP contribution in [0.25, 0.3) is 0 Å². The summed E-state index contributed by atoms with van der Waals surface area (Å²) in [6.45, 7) is 5.77. The van der Waals surface area contributed by atoms with Gasteiger partial charge in [-0.15, -0.1) is 0 Å². The van der Waals surface area contributed by atoms with E-state index in [1.165, 1.54) is 6.07 Å². The zero-order valence-corrected chi connectivity index (χ0v) is 12.9. The van der Waals surface area contributed by atoms with E-state index in [2.05, 4.69) is 15.9 Å². The zero-order chi connectivity index (χ0) is 14.2. The molecule has 0 fully saturated rings. The molecule has 0 spiro atoms. The van der Waals surface area contributed by atoms with Gasteiger partial charge in [0.05, 0.1) is 6.04 Å². The number of hydrogen-bond acceptors (Lipinski definition) is 1. The van der Waals surface area contributed by atoms with E-state index in [1.807, 2.05) is 45.0 Å². The van der Waals surface area contributed by atoms with Gasteiger partial charge in [0.25, 0.3) is 0 Å². The van der Waals surface area contributed by atoms with Crippen molar-refractivity contribution in [1.82, 2.24) is 0 Å². The summed E-state index contributed by atoms with van der Waals surface area (Å²) in [4.78, 5) is 0. The summed E-state index contributed by atoms with van der Waals surface area (Å²) in [7, 11) is 0. The predicted octanol–water partition coefficient (Wildman–Crippen LogP) is 4.56. The maximum absolute atomic E-state index is 14.2. The molecule has 0 aliphatic carbocycles. The highest BCUT2D eigenvalue weighted by Crippen LogP contribution is 2.29. The fourth-order valence-electron chi connectivity index (χ4n) is 2.46. The molecule has 0 saturated carbocycles. The van der Waals surface area contributed by atoms with E-state index < -0.39 is 6.04 Å². The van der Waals surface area contributed by atoms with Crippen LogP contribution in [-0.2, 0) is 0 Å². The standard InChI is InChI=1S/C16H17BrFN/c1-9-6-11(3)15(14(18)7-9)16(19)13-5-4-12(17)8-10(13)2/h4-8,16H,19H2,1-3H3. The lowest BCUT2D eigenvalue weighted by Gasteiger charge is -2.19. The molecule has 0 saturated heterocycles. The van der Waals surface area contributed by atoms with Gasteiger partial charge in [-0.25, -0.2) is 4.39 Å². The van der Waals surface area contributed by atoms with Crippen molar-refractivity contribution >= 4 is 15.9 Å². The van der Waals surface area contributed by atoms with Gasteiger partial charge in [0.2, 0.25) is 0 Å². The number of nitrogens with two attached hydrogens (primary N) is 1. The van der Waals surface area contributed by atoms with E-state index >= 15 is 0 Å². The normalized spacial score (nSPS) is 12.5. The Balaban J connectivity index is 2.53.